The predicted octanol–water partition coefficient (Wildman–Crippen LogP) is 3.69. The summed E-state index contributed by atoms with van der Waals surface area (Å²) in [5.74, 6) is 0. The van der Waals surface area contributed by atoms with Gasteiger partial charge in [0, 0.05) is 25.3 Å². The Kier molecular flexibility index (Phi) is 4.39. The van der Waals surface area contributed by atoms with Crippen molar-refractivity contribution in [1.29, 1.82) is 10.5 Å². The summed E-state index contributed by atoms with van der Waals surface area (Å²) in [6, 6.07) is 19.3. The van der Waals surface area contributed by atoms with E-state index in [0.29, 0.717) is 16.7 Å². The largest absolute Gasteiger partial charge is 0.378 e. The van der Waals surface area contributed by atoms with Crippen LogP contribution in [0.1, 0.15) is 16.7 Å². The van der Waals surface area contributed by atoms with Crippen molar-refractivity contribution in [2.75, 3.05) is 19.0 Å². The molecule has 0 amide bonds. The molecule has 0 saturated carbocycles. The molecule has 0 unspecified atom stereocenters. The SMILES string of the molecule is CN(C)c1ccc(/C=C(\C#N)c2ccccc2C#N)cc1. The molecule has 21 heavy (non-hydrogen) atoms. The number of rotatable bonds is 3. The molecule has 3 heteroatoms. The Morgan fingerprint density at radius 1 is 1.00 bits per heavy atom. The summed E-state index contributed by atoms with van der Waals surface area (Å²) in [7, 11) is 3.96. The summed E-state index contributed by atoms with van der Waals surface area (Å²) in [6.07, 6.45) is 1.80. The van der Waals surface area contributed by atoms with E-state index in [-0.39, 0.29) is 0 Å². The lowest BCUT2D eigenvalue weighted by molar-refractivity contribution is 1.13. The van der Waals surface area contributed by atoms with Gasteiger partial charge in [0.05, 0.1) is 23.3 Å². The van der Waals surface area contributed by atoms with Gasteiger partial charge in [0.2, 0.25) is 0 Å². The predicted molar refractivity (Wildman–Crippen MR) is 85.4 cm³/mol. The van der Waals surface area contributed by atoms with Crippen LogP contribution in [0.3, 0.4) is 0 Å². The Bertz CT molecular complexity index is 741. The van der Waals surface area contributed by atoms with Gasteiger partial charge in [-0.25, -0.2) is 0 Å². The number of nitrogens with zero attached hydrogens (tertiary/aromatic N) is 3. The molecular formula is C18H15N3. The lowest BCUT2D eigenvalue weighted by Gasteiger charge is -2.12. The van der Waals surface area contributed by atoms with Crippen LogP contribution >= 0.6 is 0 Å². The van der Waals surface area contributed by atoms with E-state index in [1.165, 1.54) is 0 Å². The Morgan fingerprint density at radius 3 is 2.24 bits per heavy atom. The third-order valence-corrected chi connectivity index (χ3v) is 3.18. The first-order valence-corrected chi connectivity index (χ1v) is 6.54. The maximum absolute atomic E-state index is 9.37. The average molecular weight is 273 g/mol. The highest BCUT2D eigenvalue weighted by Crippen LogP contribution is 2.22. The first kappa shape index (κ1) is 14.4. The minimum atomic E-state index is 0.491. The topological polar surface area (TPSA) is 50.8 Å². The first-order chi connectivity index (χ1) is 10.2. The van der Waals surface area contributed by atoms with Crippen LogP contribution < -0.4 is 4.90 Å². The molecule has 0 N–H and O–H groups in total. The molecule has 2 aromatic carbocycles. The maximum Gasteiger partial charge on any atom is 0.0998 e. The minimum absolute atomic E-state index is 0.491. The summed E-state index contributed by atoms with van der Waals surface area (Å²) < 4.78 is 0. The Hall–Kier alpha value is -3.04. The fraction of sp³-hybridized carbons (Fsp3) is 0.111. The molecule has 0 saturated heterocycles. The molecule has 0 spiro atoms. The van der Waals surface area contributed by atoms with E-state index >= 15 is 0 Å². The van der Waals surface area contributed by atoms with Gasteiger partial charge in [-0.2, -0.15) is 10.5 Å². The van der Waals surface area contributed by atoms with Crippen molar-refractivity contribution in [2.24, 2.45) is 0 Å². The molecule has 2 rings (SSSR count). The molecule has 2 aromatic rings. The summed E-state index contributed by atoms with van der Waals surface area (Å²) in [5.41, 5.74) is 3.70. The van der Waals surface area contributed by atoms with Crippen molar-refractivity contribution in [3.63, 3.8) is 0 Å². The fourth-order valence-electron chi connectivity index (χ4n) is 2.02. The molecule has 102 valence electrons. The van der Waals surface area contributed by atoms with Gasteiger partial charge in [0.1, 0.15) is 0 Å². The van der Waals surface area contributed by atoms with E-state index in [1.807, 2.05) is 49.3 Å². The molecule has 0 aliphatic heterocycles. The van der Waals surface area contributed by atoms with Crippen molar-refractivity contribution >= 4 is 17.3 Å². The van der Waals surface area contributed by atoms with Gasteiger partial charge in [-0.3, -0.25) is 0 Å². The third-order valence-electron chi connectivity index (χ3n) is 3.18. The molecule has 3 nitrogen and oxygen atoms in total. The number of allylic oxidation sites excluding steroid dienone is 1. The van der Waals surface area contributed by atoms with Gasteiger partial charge in [0.15, 0.2) is 0 Å². The minimum Gasteiger partial charge on any atom is -0.378 e. The van der Waals surface area contributed by atoms with Crippen molar-refractivity contribution in [3.8, 4) is 12.1 Å². The van der Waals surface area contributed by atoms with Crippen molar-refractivity contribution < 1.29 is 0 Å². The Morgan fingerprint density at radius 2 is 1.67 bits per heavy atom. The molecule has 0 fully saturated rings. The summed E-state index contributed by atoms with van der Waals surface area (Å²) in [4.78, 5) is 2.02. The van der Waals surface area contributed by atoms with Gasteiger partial charge >= 0.3 is 0 Å². The molecule has 0 bridgehead atoms. The van der Waals surface area contributed by atoms with Crippen molar-refractivity contribution in [3.05, 3.63) is 65.2 Å². The van der Waals surface area contributed by atoms with Crippen LogP contribution in [0.4, 0.5) is 5.69 Å². The number of nitriles is 2. The van der Waals surface area contributed by atoms with Gasteiger partial charge in [-0.05, 0) is 29.8 Å². The van der Waals surface area contributed by atoms with Crippen LogP contribution in [0, 0.1) is 22.7 Å². The Labute approximate surface area is 125 Å². The van der Waals surface area contributed by atoms with Crippen LogP contribution in [0.2, 0.25) is 0 Å². The number of benzene rings is 2. The average Bonchev–Trinajstić information content (AvgIpc) is 2.53. The van der Waals surface area contributed by atoms with Crippen LogP contribution in [0.5, 0.6) is 0 Å². The quantitative estimate of drug-likeness (QED) is 0.633. The third kappa shape index (κ3) is 3.29. The van der Waals surface area contributed by atoms with E-state index in [4.69, 9.17) is 5.26 Å². The standard InChI is InChI=1S/C18H15N3/c1-21(2)17-9-7-14(8-10-17)11-16(13-20)18-6-4-3-5-15(18)12-19/h3-11H,1-2H3/b16-11+. The van der Waals surface area contributed by atoms with E-state index in [1.54, 1.807) is 24.3 Å². The van der Waals surface area contributed by atoms with Gasteiger partial charge in [-0.15, -0.1) is 0 Å². The van der Waals surface area contributed by atoms with Gasteiger partial charge < -0.3 is 4.90 Å². The molecule has 0 atom stereocenters. The first-order valence-electron chi connectivity index (χ1n) is 6.54. The summed E-state index contributed by atoms with van der Waals surface area (Å²) >= 11 is 0. The lowest BCUT2D eigenvalue weighted by atomic mass is 9.99. The highest BCUT2D eigenvalue weighted by Gasteiger charge is 2.06. The highest BCUT2D eigenvalue weighted by atomic mass is 15.1. The molecular weight excluding hydrogens is 258 g/mol. The smallest absolute Gasteiger partial charge is 0.0998 e. The maximum atomic E-state index is 9.37. The van der Waals surface area contributed by atoms with Crippen LogP contribution in [-0.2, 0) is 0 Å². The monoisotopic (exact) mass is 273 g/mol. The zero-order valence-corrected chi connectivity index (χ0v) is 12.0. The Balaban J connectivity index is 2.42. The van der Waals surface area contributed by atoms with Crippen LogP contribution in [0.25, 0.3) is 11.6 Å². The zero-order valence-electron chi connectivity index (χ0n) is 12.0. The highest BCUT2D eigenvalue weighted by molar-refractivity contribution is 5.91. The normalized spacial score (nSPS) is 10.6. The van der Waals surface area contributed by atoms with E-state index in [0.717, 1.165) is 11.3 Å². The summed E-state index contributed by atoms with van der Waals surface area (Å²) in [6.45, 7) is 0. The molecule has 0 aromatic heterocycles. The second-order valence-corrected chi connectivity index (χ2v) is 4.81. The molecule has 0 heterocycles. The van der Waals surface area contributed by atoms with E-state index < -0.39 is 0 Å². The number of hydrogen-bond donors (Lipinski definition) is 0. The van der Waals surface area contributed by atoms with E-state index in [2.05, 4.69) is 12.1 Å². The van der Waals surface area contributed by atoms with Gasteiger partial charge in [-0.1, -0.05) is 30.3 Å². The number of hydrogen-bond acceptors (Lipinski definition) is 3. The second-order valence-electron chi connectivity index (χ2n) is 4.81. The van der Waals surface area contributed by atoms with Crippen molar-refractivity contribution in [2.45, 2.75) is 0 Å². The lowest BCUT2D eigenvalue weighted by Crippen LogP contribution is -2.07. The van der Waals surface area contributed by atoms with E-state index in [9.17, 15) is 5.26 Å². The molecule has 0 aliphatic carbocycles. The molecule has 0 aliphatic rings. The second kappa shape index (κ2) is 6.41. The fourth-order valence-corrected chi connectivity index (χ4v) is 2.02. The van der Waals surface area contributed by atoms with Crippen LogP contribution in [0.15, 0.2) is 48.5 Å². The van der Waals surface area contributed by atoms with Crippen LogP contribution in [-0.4, -0.2) is 14.1 Å². The number of anilines is 1. The zero-order chi connectivity index (χ0) is 15.2. The summed E-state index contributed by atoms with van der Waals surface area (Å²) in [5, 5.41) is 18.5. The van der Waals surface area contributed by atoms with Crippen molar-refractivity contribution in [1.82, 2.24) is 0 Å². The molecule has 0 radical (unpaired) electrons. The van der Waals surface area contributed by atoms with Gasteiger partial charge in [0.25, 0.3) is 0 Å².